The van der Waals surface area contributed by atoms with Gasteiger partial charge in [0.25, 0.3) is 0 Å². The SMILES string of the molecule is CCOC(=O)[C@H](CNC(=O)N[C@@H]1CCc2ccccc21)CC(=O)c1c(Cl)ccc(NC(=O)Cc2cccc(Cl)c2)c1Cl. The predicted octanol–water partition coefficient (Wildman–Crippen LogP) is 6.57. The molecule has 0 saturated heterocycles. The van der Waals surface area contributed by atoms with Crippen molar-refractivity contribution in [3.8, 4) is 0 Å². The second-order valence-electron chi connectivity index (χ2n) is 9.86. The number of halogens is 3. The molecule has 0 unspecified atom stereocenters. The van der Waals surface area contributed by atoms with Gasteiger partial charge in [-0.3, -0.25) is 14.4 Å². The molecule has 0 radical (unpaired) electrons. The second kappa shape index (κ2) is 14.5. The molecule has 0 bridgehead atoms. The van der Waals surface area contributed by atoms with Crippen LogP contribution < -0.4 is 16.0 Å². The maximum Gasteiger partial charge on any atom is 0.315 e. The zero-order valence-corrected chi connectivity index (χ0v) is 25.1. The first-order valence-electron chi connectivity index (χ1n) is 13.5. The number of ether oxygens (including phenoxy) is 1. The van der Waals surface area contributed by atoms with E-state index in [-0.39, 0.29) is 59.2 Å². The highest BCUT2D eigenvalue weighted by Crippen LogP contribution is 2.34. The van der Waals surface area contributed by atoms with Gasteiger partial charge in [0, 0.05) is 18.0 Å². The lowest BCUT2D eigenvalue weighted by Gasteiger charge is -2.19. The van der Waals surface area contributed by atoms with Crippen molar-refractivity contribution in [2.24, 2.45) is 5.92 Å². The first kappa shape index (κ1) is 31.3. The summed E-state index contributed by atoms with van der Waals surface area (Å²) in [6, 6.07) is 17.1. The van der Waals surface area contributed by atoms with Gasteiger partial charge in [-0.2, -0.15) is 0 Å². The molecule has 11 heteroatoms. The van der Waals surface area contributed by atoms with E-state index in [1.54, 1.807) is 31.2 Å². The van der Waals surface area contributed by atoms with E-state index in [2.05, 4.69) is 16.0 Å². The van der Waals surface area contributed by atoms with E-state index >= 15 is 0 Å². The van der Waals surface area contributed by atoms with Gasteiger partial charge in [0.05, 0.1) is 46.3 Å². The quantitative estimate of drug-likeness (QED) is 0.164. The van der Waals surface area contributed by atoms with Crippen LogP contribution in [0.4, 0.5) is 10.5 Å². The molecule has 3 N–H and O–H groups in total. The molecule has 8 nitrogen and oxygen atoms in total. The average molecular weight is 631 g/mol. The van der Waals surface area contributed by atoms with Gasteiger partial charge >= 0.3 is 12.0 Å². The molecule has 2 atom stereocenters. The second-order valence-corrected chi connectivity index (χ2v) is 11.1. The number of anilines is 1. The molecule has 1 aliphatic rings. The lowest BCUT2D eigenvalue weighted by molar-refractivity contribution is -0.147. The van der Waals surface area contributed by atoms with Gasteiger partial charge in [0.15, 0.2) is 5.78 Å². The molecule has 220 valence electrons. The highest BCUT2D eigenvalue weighted by molar-refractivity contribution is 6.41. The molecule has 0 spiro atoms. The fourth-order valence-corrected chi connectivity index (χ4v) is 5.73. The summed E-state index contributed by atoms with van der Waals surface area (Å²) in [4.78, 5) is 51.5. The number of aryl methyl sites for hydroxylation is 1. The van der Waals surface area contributed by atoms with Gasteiger partial charge < -0.3 is 20.7 Å². The first-order chi connectivity index (χ1) is 20.2. The summed E-state index contributed by atoms with van der Waals surface area (Å²) < 4.78 is 5.16. The molecule has 0 aromatic heterocycles. The van der Waals surface area contributed by atoms with Crippen LogP contribution in [0.5, 0.6) is 0 Å². The molecule has 3 amide bonds. The fourth-order valence-electron chi connectivity index (χ4n) is 4.89. The maximum absolute atomic E-state index is 13.4. The Bertz CT molecular complexity index is 1500. The van der Waals surface area contributed by atoms with Gasteiger partial charge in [-0.15, -0.1) is 0 Å². The van der Waals surface area contributed by atoms with Crippen LogP contribution in [0.3, 0.4) is 0 Å². The topological polar surface area (TPSA) is 114 Å². The number of amides is 3. The van der Waals surface area contributed by atoms with E-state index in [1.807, 2.05) is 24.3 Å². The van der Waals surface area contributed by atoms with E-state index in [4.69, 9.17) is 39.5 Å². The molecule has 4 rings (SSSR count). The smallest absolute Gasteiger partial charge is 0.315 e. The summed E-state index contributed by atoms with van der Waals surface area (Å²) in [7, 11) is 0. The van der Waals surface area contributed by atoms with Crippen LogP contribution in [-0.4, -0.2) is 36.8 Å². The van der Waals surface area contributed by atoms with Crippen molar-refractivity contribution in [1.82, 2.24) is 10.6 Å². The van der Waals surface area contributed by atoms with Gasteiger partial charge in [-0.1, -0.05) is 71.2 Å². The average Bonchev–Trinajstić information content (AvgIpc) is 3.35. The minimum atomic E-state index is -0.993. The van der Waals surface area contributed by atoms with E-state index in [9.17, 15) is 19.2 Å². The molecule has 3 aromatic rings. The number of carbonyl (C=O) groups is 4. The fraction of sp³-hybridized carbons (Fsp3) is 0.290. The predicted molar refractivity (Wildman–Crippen MR) is 163 cm³/mol. The van der Waals surface area contributed by atoms with Crippen molar-refractivity contribution in [3.05, 3.63) is 98.0 Å². The molecular formula is C31H30Cl3N3O5. The summed E-state index contributed by atoms with van der Waals surface area (Å²) >= 11 is 18.9. The van der Waals surface area contributed by atoms with Crippen molar-refractivity contribution >= 4 is 64.2 Å². The van der Waals surface area contributed by atoms with Crippen molar-refractivity contribution in [1.29, 1.82) is 0 Å². The van der Waals surface area contributed by atoms with Crippen LogP contribution in [0.2, 0.25) is 15.1 Å². The Balaban J connectivity index is 1.42. The van der Waals surface area contributed by atoms with Crippen LogP contribution in [0, 0.1) is 5.92 Å². The number of carbonyl (C=O) groups excluding carboxylic acids is 4. The molecular weight excluding hydrogens is 601 g/mol. The molecule has 3 aromatic carbocycles. The Morgan fingerprint density at radius 1 is 1.00 bits per heavy atom. The zero-order chi connectivity index (χ0) is 30.2. The Hall–Kier alpha value is -3.59. The van der Waals surface area contributed by atoms with Crippen LogP contribution in [-0.2, 0) is 27.2 Å². The van der Waals surface area contributed by atoms with Gasteiger partial charge in [-0.05, 0) is 60.7 Å². The number of benzene rings is 3. The van der Waals surface area contributed by atoms with Crippen molar-refractivity contribution < 1.29 is 23.9 Å². The number of hydrogen-bond acceptors (Lipinski definition) is 5. The Morgan fingerprint density at radius 2 is 1.79 bits per heavy atom. The zero-order valence-electron chi connectivity index (χ0n) is 22.8. The standard InChI is InChI=1S/C31H30Cl3N3O5/c1-2-42-30(40)20(17-35-31(41)37-24-12-10-19-7-3-4-9-22(19)24)16-26(38)28-23(33)11-13-25(29(28)34)36-27(39)15-18-6-5-8-21(32)14-18/h3-9,11,13-14,20,24H,2,10,12,15-17H2,1H3,(H,36,39)(H2,35,37,41)/t20-,24+/m0/s1. The summed E-state index contributed by atoms with van der Waals surface area (Å²) in [6.45, 7) is 1.61. The summed E-state index contributed by atoms with van der Waals surface area (Å²) in [5.74, 6) is -2.55. The maximum atomic E-state index is 13.4. The number of rotatable bonds is 11. The molecule has 42 heavy (non-hydrogen) atoms. The van der Waals surface area contributed by atoms with Crippen molar-refractivity contribution in [2.75, 3.05) is 18.5 Å². The number of nitrogens with one attached hydrogen (secondary N) is 3. The van der Waals surface area contributed by atoms with Crippen LogP contribution in [0.25, 0.3) is 0 Å². The molecule has 0 fully saturated rings. The van der Waals surface area contributed by atoms with Crippen LogP contribution in [0.1, 0.15) is 52.9 Å². The monoisotopic (exact) mass is 629 g/mol. The Labute approximate surface area is 259 Å². The van der Waals surface area contributed by atoms with Gasteiger partial charge in [-0.25, -0.2) is 4.79 Å². The lowest BCUT2D eigenvalue weighted by Crippen LogP contribution is -2.42. The van der Waals surface area contributed by atoms with Gasteiger partial charge in [0.1, 0.15) is 0 Å². The lowest BCUT2D eigenvalue weighted by atomic mass is 9.97. The highest BCUT2D eigenvalue weighted by Gasteiger charge is 2.29. The summed E-state index contributed by atoms with van der Waals surface area (Å²) in [5, 5.41) is 8.84. The number of ketones is 1. The first-order valence-corrected chi connectivity index (χ1v) is 14.6. The Morgan fingerprint density at radius 3 is 2.55 bits per heavy atom. The molecule has 0 heterocycles. The molecule has 0 aliphatic heterocycles. The third-order valence-electron chi connectivity index (χ3n) is 6.90. The minimum Gasteiger partial charge on any atom is -0.466 e. The molecule has 1 aliphatic carbocycles. The Kier molecular flexibility index (Phi) is 10.8. The molecule has 0 saturated carbocycles. The van der Waals surface area contributed by atoms with E-state index in [1.165, 1.54) is 17.7 Å². The largest absolute Gasteiger partial charge is 0.466 e. The normalized spacial score (nSPS) is 14.4. The summed E-state index contributed by atoms with van der Waals surface area (Å²) in [5.41, 5.74) is 3.11. The van der Waals surface area contributed by atoms with E-state index in [0.717, 1.165) is 18.4 Å². The number of hydrogen-bond donors (Lipinski definition) is 3. The van der Waals surface area contributed by atoms with Crippen molar-refractivity contribution in [2.45, 2.75) is 38.6 Å². The number of esters is 1. The third-order valence-corrected chi connectivity index (χ3v) is 7.84. The number of urea groups is 1. The van der Waals surface area contributed by atoms with E-state index < -0.39 is 23.7 Å². The summed E-state index contributed by atoms with van der Waals surface area (Å²) in [6.07, 6.45) is 1.34. The number of fused-ring (bicyclic) bond motifs is 1. The minimum absolute atomic E-state index is 0.0356. The van der Waals surface area contributed by atoms with Crippen LogP contribution in [0.15, 0.2) is 60.7 Å². The third kappa shape index (κ3) is 8.03. The number of Topliss-reactive ketones (excluding diaryl/α,β-unsaturated/α-hetero) is 1. The van der Waals surface area contributed by atoms with E-state index in [0.29, 0.717) is 10.6 Å². The highest BCUT2D eigenvalue weighted by atomic mass is 35.5. The van der Waals surface area contributed by atoms with Crippen LogP contribution >= 0.6 is 34.8 Å². The van der Waals surface area contributed by atoms with Crippen molar-refractivity contribution in [3.63, 3.8) is 0 Å². The van der Waals surface area contributed by atoms with Gasteiger partial charge in [0.2, 0.25) is 5.91 Å².